The maximum absolute atomic E-state index is 6.70. The lowest BCUT2D eigenvalue weighted by Gasteiger charge is -2.25. The van der Waals surface area contributed by atoms with Gasteiger partial charge in [0.1, 0.15) is 22.3 Å². The van der Waals surface area contributed by atoms with Crippen LogP contribution in [0, 0.1) is 0 Å². The minimum atomic E-state index is 0.860. The van der Waals surface area contributed by atoms with Gasteiger partial charge < -0.3 is 18.3 Å². The molecule has 4 heteroatoms. The molecule has 0 saturated carbocycles. The first kappa shape index (κ1) is 30.9. The Hall–Kier alpha value is -7.56. The van der Waals surface area contributed by atoms with Crippen molar-refractivity contribution in [2.24, 2.45) is 0 Å². The number of furan rings is 2. The number of para-hydroxylation sites is 3. The molecule has 0 amide bonds. The third kappa shape index (κ3) is 4.53. The van der Waals surface area contributed by atoms with Gasteiger partial charge in [-0.3, -0.25) is 0 Å². The number of hydrogen-bond donors (Lipinski definition) is 0. The standard InChI is InChI=1S/C52H32N2O2/c1-3-15-34(16-4-1)50-51-42-30-36(53(35-18-5-2-6-19-35)37-26-28-40-39-21-9-11-24-46(39)55-48(40)31-37)27-29-44(42)54(43-23-13-17-33-14-7-8-20-38(33)43)45(51)32-49-52(50)41-22-10-12-25-47(41)56-49/h1-32H. The summed E-state index contributed by atoms with van der Waals surface area (Å²) < 4.78 is 15.6. The average molecular weight is 717 g/mol. The summed E-state index contributed by atoms with van der Waals surface area (Å²) in [5.74, 6) is 0. The first-order valence-corrected chi connectivity index (χ1v) is 19.0. The second-order valence-corrected chi connectivity index (χ2v) is 14.5. The van der Waals surface area contributed by atoms with Crippen LogP contribution in [0.2, 0.25) is 0 Å². The molecule has 12 aromatic rings. The Bertz CT molecular complexity index is 3480. The highest BCUT2D eigenvalue weighted by Gasteiger charge is 2.25. The molecule has 0 unspecified atom stereocenters. The highest BCUT2D eigenvalue weighted by molar-refractivity contribution is 6.27. The Kier molecular flexibility index (Phi) is 6.60. The van der Waals surface area contributed by atoms with E-state index in [4.69, 9.17) is 8.83 Å². The fourth-order valence-corrected chi connectivity index (χ4v) is 8.94. The topological polar surface area (TPSA) is 34.5 Å². The minimum absolute atomic E-state index is 0.860. The Labute approximate surface area is 321 Å². The first-order chi connectivity index (χ1) is 27.8. The fourth-order valence-electron chi connectivity index (χ4n) is 8.94. The Balaban J connectivity index is 1.22. The summed E-state index contributed by atoms with van der Waals surface area (Å²) in [5, 5.41) is 9.18. The van der Waals surface area contributed by atoms with Crippen molar-refractivity contribution in [1.82, 2.24) is 4.57 Å². The molecule has 0 aliphatic carbocycles. The van der Waals surface area contributed by atoms with Gasteiger partial charge in [-0.15, -0.1) is 0 Å². The quantitative estimate of drug-likeness (QED) is 0.178. The lowest BCUT2D eigenvalue weighted by atomic mass is 9.94. The van der Waals surface area contributed by atoms with E-state index in [0.717, 1.165) is 88.6 Å². The third-order valence-electron chi connectivity index (χ3n) is 11.3. The maximum Gasteiger partial charge on any atom is 0.138 e. The van der Waals surface area contributed by atoms with Crippen LogP contribution in [0.1, 0.15) is 0 Å². The van der Waals surface area contributed by atoms with Crippen molar-refractivity contribution in [3.8, 4) is 16.8 Å². The number of aromatic nitrogens is 1. The molecule has 0 spiro atoms. The third-order valence-corrected chi connectivity index (χ3v) is 11.3. The van der Waals surface area contributed by atoms with E-state index < -0.39 is 0 Å². The molecule has 3 aromatic heterocycles. The molecule has 0 atom stereocenters. The smallest absolute Gasteiger partial charge is 0.138 e. The predicted molar refractivity (Wildman–Crippen MR) is 233 cm³/mol. The van der Waals surface area contributed by atoms with E-state index in [9.17, 15) is 0 Å². The summed E-state index contributed by atoms with van der Waals surface area (Å²) in [5.41, 5.74) is 12.3. The van der Waals surface area contributed by atoms with Crippen molar-refractivity contribution in [2.45, 2.75) is 0 Å². The van der Waals surface area contributed by atoms with Gasteiger partial charge in [-0.25, -0.2) is 0 Å². The predicted octanol–water partition coefficient (Wildman–Crippen LogP) is 14.9. The van der Waals surface area contributed by atoms with E-state index in [-0.39, 0.29) is 0 Å². The second-order valence-electron chi connectivity index (χ2n) is 14.5. The monoisotopic (exact) mass is 716 g/mol. The summed E-state index contributed by atoms with van der Waals surface area (Å²) >= 11 is 0. The summed E-state index contributed by atoms with van der Waals surface area (Å²) in [6, 6.07) is 69.0. The largest absolute Gasteiger partial charge is 0.456 e. The fraction of sp³-hybridized carbons (Fsp3) is 0. The van der Waals surface area contributed by atoms with Gasteiger partial charge in [0.25, 0.3) is 0 Å². The normalized spacial score (nSPS) is 11.9. The van der Waals surface area contributed by atoms with Gasteiger partial charge in [0, 0.05) is 72.5 Å². The van der Waals surface area contributed by atoms with Gasteiger partial charge in [-0.2, -0.15) is 0 Å². The van der Waals surface area contributed by atoms with Gasteiger partial charge in [0.05, 0.1) is 16.7 Å². The van der Waals surface area contributed by atoms with E-state index in [1.807, 2.05) is 18.2 Å². The van der Waals surface area contributed by atoms with Gasteiger partial charge in [-0.05, 0) is 71.6 Å². The molecule has 0 saturated heterocycles. The molecule has 3 heterocycles. The molecule has 9 aromatic carbocycles. The lowest BCUT2D eigenvalue weighted by Crippen LogP contribution is -2.09. The molecule has 262 valence electrons. The van der Waals surface area contributed by atoms with E-state index >= 15 is 0 Å². The summed E-state index contributed by atoms with van der Waals surface area (Å²) in [4.78, 5) is 2.33. The van der Waals surface area contributed by atoms with Crippen molar-refractivity contribution in [3.63, 3.8) is 0 Å². The van der Waals surface area contributed by atoms with Crippen molar-refractivity contribution in [2.75, 3.05) is 4.90 Å². The maximum atomic E-state index is 6.70. The average Bonchev–Trinajstić information content (AvgIpc) is 3.92. The van der Waals surface area contributed by atoms with Crippen molar-refractivity contribution < 1.29 is 8.83 Å². The van der Waals surface area contributed by atoms with Gasteiger partial charge in [0.2, 0.25) is 0 Å². The molecule has 4 nitrogen and oxygen atoms in total. The van der Waals surface area contributed by atoms with Gasteiger partial charge in [-0.1, -0.05) is 121 Å². The molecule has 0 aliphatic heterocycles. The van der Waals surface area contributed by atoms with Crippen LogP contribution in [0.5, 0.6) is 0 Å². The second kappa shape index (κ2) is 12.0. The highest BCUT2D eigenvalue weighted by atomic mass is 16.3. The summed E-state index contributed by atoms with van der Waals surface area (Å²) in [6.45, 7) is 0. The van der Waals surface area contributed by atoms with E-state index in [0.29, 0.717) is 0 Å². The number of benzene rings is 9. The zero-order chi connectivity index (χ0) is 36.7. The van der Waals surface area contributed by atoms with Crippen molar-refractivity contribution in [1.29, 1.82) is 0 Å². The van der Waals surface area contributed by atoms with E-state index in [1.165, 1.54) is 21.7 Å². The molecular formula is C52H32N2O2. The van der Waals surface area contributed by atoms with Gasteiger partial charge >= 0.3 is 0 Å². The number of nitrogens with zero attached hydrogens (tertiary/aromatic N) is 2. The summed E-state index contributed by atoms with van der Waals surface area (Å²) in [6.07, 6.45) is 0. The highest BCUT2D eigenvalue weighted by Crippen LogP contribution is 2.48. The Morgan fingerprint density at radius 1 is 0.357 bits per heavy atom. The molecule has 0 N–H and O–H groups in total. The van der Waals surface area contributed by atoms with Crippen LogP contribution < -0.4 is 4.90 Å². The lowest BCUT2D eigenvalue weighted by molar-refractivity contribution is 0.668. The number of fused-ring (bicyclic) bond motifs is 10. The summed E-state index contributed by atoms with van der Waals surface area (Å²) in [7, 11) is 0. The zero-order valence-electron chi connectivity index (χ0n) is 30.2. The van der Waals surface area contributed by atoms with E-state index in [2.05, 4.69) is 185 Å². The number of hydrogen-bond acceptors (Lipinski definition) is 3. The number of anilines is 3. The molecule has 0 aliphatic rings. The van der Waals surface area contributed by atoms with Crippen LogP contribution in [-0.2, 0) is 0 Å². The zero-order valence-corrected chi connectivity index (χ0v) is 30.2. The van der Waals surface area contributed by atoms with Crippen molar-refractivity contribution >= 4 is 93.5 Å². The van der Waals surface area contributed by atoms with Crippen molar-refractivity contribution in [3.05, 3.63) is 194 Å². The van der Waals surface area contributed by atoms with Crippen LogP contribution in [0.4, 0.5) is 17.1 Å². The number of rotatable bonds is 5. The Morgan fingerprint density at radius 2 is 0.982 bits per heavy atom. The molecule has 0 bridgehead atoms. The van der Waals surface area contributed by atoms with E-state index in [1.54, 1.807) is 0 Å². The molecular weight excluding hydrogens is 685 g/mol. The molecule has 0 radical (unpaired) electrons. The first-order valence-electron chi connectivity index (χ1n) is 19.0. The molecule has 0 fully saturated rings. The Morgan fingerprint density at radius 3 is 1.82 bits per heavy atom. The van der Waals surface area contributed by atoms with Crippen LogP contribution in [0.3, 0.4) is 0 Å². The molecule has 12 rings (SSSR count). The molecule has 56 heavy (non-hydrogen) atoms. The van der Waals surface area contributed by atoms with Crippen LogP contribution in [0.25, 0.3) is 93.3 Å². The van der Waals surface area contributed by atoms with Crippen LogP contribution in [-0.4, -0.2) is 4.57 Å². The minimum Gasteiger partial charge on any atom is -0.456 e. The van der Waals surface area contributed by atoms with Gasteiger partial charge in [0.15, 0.2) is 0 Å². The van der Waals surface area contributed by atoms with Crippen LogP contribution in [0.15, 0.2) is 203 Å². The van der Waals surface area contributed by atoms with Crippen LogP contribution >= 0.6 is 0 Å². The SMILES string of the molecule is c1ccc(-c2c3c(cc4c2c2cc(N(c5ccccc5)c5ccc6c(c5)oc5ccccc56)ccc2n4-c2cccc4ccccc24)oc2ccccc23)cc1.